The van der Waals surface area contributed by atoms with Gasteiger partial charge in [-0.2, -0.15) is 8.42 Å². The van der Waals surface area contributed by atoms with Crippen molar-refractivity contribution in [1.29, 1.82) is 0 Å². The summed E-state index contributed by atoms with van der Waals surface area (Å²) in [6.07, 6.45) is 0.904. The number of sulfone groups is 1. The fourth-order valence-corrected chi connectivity index (χ4v) is 4.20. The second-order valence-electron chi connectivity index (χ2n) is 4.22. The Morgan fingerprint density at radius 2 is 1.38 bits per heavy atom. The summed E-state index contributed by atoms with van der Waals surface area (Å²) in [4.78, 5) is -0.837. The monoisotopic (exact) mass is 328 g/mol. The fourth-order valence-electron chi connectivity index (χ4n) is 1.65. The van der Waals surface area contributed by atoms with Crippen molar-refractivity contribution in [3.63, 3.8) is 0 Å². The summed E-state index contributed by atoms with van der Waals surface area (Å²) in [5, 5.41) is 9.54. The molecule has 2 aromatic carbocycles. The van der Waals surface area contributed by atoms with E-state index in [0.29, 0.717) is 0 Å². The van der Waals surface area contributed by atoms with Gasteiger partial charge in [-0.25, -0.2) is 8.42 Å². The molecule has 6 nitrogen and oxygen atoms in total. The van der Waals surface area contributed by atoms with Crippen LogP contribution in [0.4, 0.5) is 0 Å². The van der Waals surface area contributed by atoms with E-state index in [1.807, 2.05) is 0 Å². The van der Waals surface area contributed by atoms with Crippen LogP contribution in [-0.2, 0) is 20.0 Å². The average molecular weight is 328 g/mol. The minimum Gasteiger partial charge on any atom is -0.504 e. The Balaban J connectivity index is 2.54. The molecule has 21 heavy (non-hydrogen) atoms. The van der Waals surface area contributed by atoms with Crippen LogP contribution in [-0.4, -0.2) is 28.2 Å². The summed E-state index contributed by atoms with van der Waals surface area (Å²) in [5.74, 6) is -0.640. The number of phenols is 1. The molecule has 2 aromatic rings. The topological polar surface area (TPSA) is 97.7 Å². The highest BCUT2D eigenvalue weighted by molar-refractivity contribution is 7.92. The van der Waals surface area contributed by atoms with Crippen LogP contribution >= 0.6 is 0 Å². The number of aromatic hydroxyl groups is 1. The second-order valence-corrected chi connectivity index (χ2v) is 7.72. The van der Waals surface area contributed by atoms with Gasteiger partial charge >= 0.3 is 10.1 Å². The Bertz CT molecular complexity index is 869. The van der Waals surface area contributed by atoms with E-state index in [9.17, 15) is 21.9 Å². The number of phenolic OH excluding ortho intramolecular Hbond substituents is 1. The van der Waals surface area contributed by atoms with Gasteiger partial charge in [0, 0.05) is 6.26 Å². The van der Waals surface area contributed by atoms with Crippen LogP contribution in [0.3, 0.4) is 0 Å². The highest BCUT2D eigenvalue weighted by Crippen LogP contribution is 2.29. The van der Waals surface area contributed by atoms with Gasteiger partial charge in [-0.05, 0) is 24.3 Å². The van der Waals surface area contributed by atoms with Crippen LogP contribution in [0.5, 0.6) is 11.5 Å². The Hall–Kier alpha value is -2.06. The highest BCUT2D eigenvalue weighted by Gasteiger charge is 2.26. The van der Waals surface area contributed by atoms with Crippen molar-refractivity contribution in [3.8, 4) is 11.5 Å². The van der Waals surface area contributed by atoms with Gasteiger partial charge < -0.3 is 9.29 Å². The van der Waals surface area contributed by atoms with Crippen molar-refractivity contribution in [3.05, 3.63) is 48.5 Å². The standard InChI is InChI=1S/C13H12O6S2/c1-20(15,16)12-8-4-5-9-13(12)21(17,18)19-11-7-3-2-6-10(11)14/h2-9,14H,1H3. The van der Waals surface area contributed by atoms with E-state index in [1.54, 1.807) is 0 Å². The van der Waals surface area contributed by atoms with E-state index in [0.717, 1.165) is 12.3 Å². The molecule has 112 valence electrons. The van der Waals surface area contributed by atoms with Gasteiger partial charge in [-0.3, -0.25) is 0 Å². The lowest BCUT2D eigenvalue weighted by atomic mass is 10.3. The third kappa shape index (κ3) is 3.34. The van der Waals surface area contributed by atoms with Crippen LogP contribution in [0.2, 0.25) is 0 Å². The van der Waals surface area contributed by atoms with Gasteiger partial charge in [0.05, 0.1) is 4.90 Å². The summed E-state index contributed by atoms with van der Waals surface area (Å²) in [7, 11) is -8.13. The maximum absolute atomic E-state index is 12.2. The molecule has 0 saturated carbocycles. The Morgan fingerprint density at radius 1 is 0.857 bits per heavy atom. The lowest BCUT2D eigenvalue weighted by molar-refractivity contribution is 0.427. The SMILES string of the molecule is CS(=O)(=O)c1ccccc1S(=O)(=O)Oc1ccccc1O. The predicted molar refractivity (Wildman–Crippen MR) is 75.5 cm³/mol. The zero-order valence-corrected chi connectivity index (χ0v) is 12.6. The van der Waals surface area contributed by atoms with Crippen LogP contribution in [0.15, 0.2) is 58.3 Å². The summed E-state index contributed by atoms with van der Waals surface area (Å²) in [6.45, 7) is 0. The lowest BCUT2D eigenvalue weighted by Gasteiger charge is -2.11. The molecule has 0 bridgehead atoms. The molecule has 0 amide bonds. The van der Waals surface area contributed by atoms with Gasteiger partial charge in [-0.15, -0.1) is 0 Å². The van der Waals surface area contributed by atoms with E-state index in [4.69, 9.17) is 4.18 Å². The molecule has 0 unspecified atom stereocenters. The average Bonchev–Trinajstić information content (AvgIpc) is 2.40. The lowest BCUT2D eigenvalue weighted by Crippen LogP contribution is -2.14. The maximum atomic E-state index is 12.2. The van der Waals surface area contributed by atoms with Crippen LogP contribution in [0.1, 0.15) is 0 Å². The molecule has 0 aromatic heterocycles. The maximum Gasteiger partial charge on any atom is 0.340 e. The van der Waals surface area contributed by atoms with Crippen molar-refractivity contribution in [1.82, 2.24) is 0 Å². The van der Waals surface area contributed by atoms with Crippen LogP contribution in [0.25, 0.3) is 0 Å². The normalized spacial score (nSPS) is 12.0. The molecular weight excluding hydrogens is 316 g/mol. The minimum absolute atomic E-state index is 0.277. The number of hydrogen-bond donors (Lipinski definition) is 1. The molecule has 0 aliphatic rings. The van der Waals surface area contributed by atoms with Gasteiger partial charge in [0.15, 0.2) is 21.3 Å². The summed E-state index contributed by atoms with van der Waals surface area (Å²) < 4.78 is 52.6. The Labute approximate surface area is 122 Å². The highest BCUT2D eigenvalue weighted by atomic mass is 32.2. The largest absolute Gasteiger partial charge is 0.504 e. The van der Waals surface area contributed by atoms with Gasteiger partial charge in [0.25, 0.3) is 0 Å². The zero-order chi connectivity index (χ0) is 15.7. The molecule has 0 radical (unpaired) electrons. The molecule has 0 heterocycles. The number of hydrogen-bond acceptors (Lipinski definition) is 6. The first kappa shape index (κ1) is 15.3. The molecule has 8 heteroatoms. The molecule has 0 saturated heterocycles. The minimum atomic E-state index is -4.39. The summed E-state index contributed by atoms with van der Waals surface area (Å²) in [6, 6.07) is 10.6. The third-order valence-electron chi connectivity index (χ3n) is 2.58. The molecule has 1 N–H and O–H groups in total. The first-order chi connectivity index (χ1) is 9.72. The Morgan fingerprint density at radius 3 is 1.95 bits per heavy atom. The molecule has 0 spiro atoms. The molecular formula is C13H12O6S2. The van der Waals surface area contributed by atoms with Crippen LogP contribution in [0, 0.1) is 0 Å². The number of para-hydroxylation sites is 2. The van der Waals surface area contributed by atoms with Gasteiger partial charge in [0.2, 0.25) is 0 Å². The van der Waals surface area contributed by atoms with Crippen LogP contribution < -0.4 is 4.18 Å². The molecule has 0 aliphatic heterocycles. The first-order valence-electron chi connectivity index (χ1n) is 5.73. The molecule has 2 rings (SSSR count). The van der Waals surface area contributed by atoms with E-state index in [-0.39, 0.29) is 16.4 Å². The fraction of sp³-hybridized carbons (Fsp3) is 0.0769. The predicted octanol–water partition coefficient (Wildman–Crippen LogP) is 1.56. The number of rotatable bonds is 4. The van der Waals surface area contributed by atoms with Crippen molar-refractivity contribution in [2.45, 2.75) is 9.79 Å². The van der Waals surface area contributed by atoms with Gasteiger partial charge in [-0.1, -0.05) is 24.3 Å². The van der Waals surface area contributed by atoms with E-state index in [2.05, 4.69) is 0 Å². The quantitative estimate of drug-likeness (QED) is 0.855. The summed E-state index contributed by atoms with van der Waals surface area (Å²) in [5.41, 5.74) is 0. The van der Waals surface area contributed by atoms with E-state index >= 15 is 0 Å². The van der Waals surface area contributed by atoms with E-state index in [1.165, 1.54) is 42.5 Å². The van der Waals surface area contributed by atoms with E-state index < -0.39 is 24.9 Å². The van der Waals surface area contributed by atoms with Crippen molar-refractivity contribution >= 4 is 20.0 Å². The summed E-state index contributed by atoms with van der Waals surface area (Å²) >= 11 is 0. The first-order valence-corrected chi connectivity index (χ1v) is 9.03. The zero-order valence-electron chi connectivity index (χ0n) is 10.9. The number of benzene rings is 2. The van der Waals surface area contributed by atoms with Crippen molar-refractivity contribution in [2.75, 3.05) is 6.26 Å². The molecule has 0 aliphatic carbocycles. The van der Waals surface area contributed by atoms with Crippen molar-refractivity contribution in [2.24, 2.45) is 0 Å². The van der Waals surface area contributed by atoms with Crippen molar-refractivity contribution < 1.29 is 26.1 Å². The Kier molecular flexibility index (Phi) is 3.93. The molecule has 0 fully saturated rings. The molecule has 0 atom stereocenters. The second kappa shape index (κ2) is 5.38. The van der Waals surface area contributed by atoms with Gasteiger partial charge in [0.1, 0.15) is 4.90 Å². The smallest absolute Gasteiger partial charge is 0.340 e. The third-order valence-corrected chi connectivity index (χ3v) is 5.16.